The maximum atomic E-state index is 6.12. The number of hydrogen-bond donors (Lipinski definition) is 3. The molecular formula is C20H34Cl2IN5. The number of nitrogens with one attached hydrogen (secondary N) is 3. The molecule has 0 unspecified atom stereocenters. The lowest BCUT2D eigenvalue weighted by Crippen LogP contribution is -2.50. The zero-order valence-electron chi connectivity index (χ0n) is 17.3. The van der Waals surface area contributed by atoms with Gasteiger partial charge in [0.1, 0.15) is 0 Å². The highest BCUT2D eigenvalue weighted by Crippen LogP contribution is 2.24. The molecule has 1 aliphatic heterocycles. The maximum Gasteiger partial charge on any atom is 0.191 e. The van der Waals surface area contributed by atoms with Crippen LogP contribution in [0.3, 0.4) is 0 Å². The van der Waals surface area contributed by atoms with Gasteiger partial charge in [-0.25, -0.2) is 0 Å². The Kier molecular flexibility index (Phi) is 11.4. The van der Waals surface area contributed by atoms with Crippen molar-refractivity contribution in [2.75, 3.05) is 33.2 Å². The molecule has 0 atom stereocenters. The third-order valence-corrected chi connectivity index (χ3v) is 5.35. The molecule has 0 bridgehead atoms. The summed E-state index contributed by atoms with van der Waals surface area (Å²) in [5.41, 5.74) is 1.35. The number of hydrogen-bond acceptors (Lipinski definition) is 3. The monoisotopic (exact) mass is 541 g/mol. The molecule has 1 aromatic rings. The summed E-state index contributed by atoms with van der Waals surface area (Å²) in [5.74, 6) is 0.883. The molecule has 1 saturated heterocycles. The van der Waals surface area contributed by atoms with Gasteiger partial charge in [0.25, 0.3) is 0 Å². The van der Waals surface area contributed by atoms with Crippen molar-refractivity contribution in [3.05, 3.63) is 33.8 Å². The Morgan fingerprint density at radius 2 is 1.82 bits per heavy atom. The highest BCUT2D eigenvalue weighted by molar-refractivity contribution is 14.0. The van der Waals surface area contributed by atoms with Crippen LogP contribution in [0.1, 0.15) is 39.2 Å². The summed E-state index contributed by atoms with van der Waals surface area (Å²) >= 11 is 12.1. The predicted molar refractivity (Wildman–Crippen MR) is 132 cm³/mol. The van der Waals surface area contributed by atoms with Gasteiger partial charge in [0.2, 0.25) is 0 Å². The molecule has 28 heavy (non-hydrogen) atoms. The van der Waals surface area contributed by atoms with Gasteiger partial charge in [-0.1, -0.05) is 29.3 Å². The van der Waals surface area contributed by atoms with Gasteiger partial charge in [-0.15, -0.1) is 24.0 Å². The highest BCUT2D eigenvalue weighted by Gasteiger charge is 2.20. The molecule has 0 aliphatic carbocycles. The van der Waals surface area contributed by atoms with E-state index in [0.717, 1.165) is 51.5 Å². The minimum absolute atomic E-state index is 0. The van der Waals surface area contributed by atoms with Gasteiger partial charge in [-0.05, 0) is 51.3 Å². The molecule has 1 aliphatic rings. The number of nitrogens with zero attached hydrogens (tertiary/aromatic N) is 2. The van der Waals surface area contributed by atoms with Crippen LogP contribution in [0.15, 0.2) is 23.2 Å². The Balaban J connectivity index is 0.00000392. The molecule has 5 nitrogen and oxygen atoms in total. The third kappa shape index (κ3) is 9.48. The van der Waals surface area contributed by atoms with Crippen LogP contribution in [-0.4, -0.2) is 55.7 Å². The number of aliphatic imine (C=N–C) groups is 1. The largest absolute Gasteiger partial charge is 0.355 e. The quantitative estimate of drug-likeness (QED) is 0.219. The Morgan fingerprint density at radius 1 is 1.14 bits per heavy atom. The molecule has 3 N–H and O–H groups in total. The first-order valence-electron chi connectivity index (χ1n) is 9.65. The predicted octanol–water partition coefficient (Wildman–Crippen LogP) is 4.13. The van der Waals surface area contributed by atoms with Crippen LogP contribution in [0.2, 0.25) is 10.0 Å². The first-order valence-corrected chi connectivity index (χ1v) is 10.4. The average Bonchev–Trinajstić information content (AvgIpc) is 2.61. The fourth-order valence-electron chi connectivity index (χ4n) is 3.14. The number of likely N-dealkylation sites (tertiary alicyclic amines) is 1. The lowest BCUT2D eigenvalue weighted by molar-refractivity contribution is 0.198. The smallest absolute Gasteiger partial charge is 0.191 e. The van der Waals surface area contributed by atoms with Crippen LogP contribution in [0.25, 0.3) is 0 Å². The first-order chi connectivity index (χ1) is 12.8. The van der Waals surface area contributed by atoms with E-state index in [0.29, 0.717) is 16.1 Å². The van der Waals surface area contributed by atoms with E-state index in [1.807, 2.05) is 19.2 Å². The van der Waals surface area contributed by atoms with Crippen molar-refractivity contribution in [2.24, 2.45) is 4.99 Å². The van der Waals surface area contributed by atoms with E-state index in [-0.39, 0.29) is 29.5 Å². The van der Waals surface area contributed by atoms with Gasteiger partial charge < -0.3 is 16.0 Å². The molecule has 160 valence electrons. The van der Waals surface area contributed by atoms with Gasteiger partial charge in [0, 0.05) is 51.4 Å². The van der Waals surface area contributed by atoms with E-state index in [2.05, 4.69) is 52.7 Å². The topological polar surface area (TPSA) is 51.7 Å². The number of benzene rings is 1. The van der Waals surface area contributed by atoms with E-state index >= 15 is 0 Å². The van der Waals surface area contributed by atoms with E-state index in [9.17, 15) is 0 Å². The molecular weight excluding hydrogens is 508 g/mol. The zero-order chi connectivity index (χ0) is 19.9. The molecule has 0 saturated carbocycles. The number of halogens is 3. The number of guanidine groups is 1. The Labute approximate surface area is 197 Å². The van der Waals surface area contributed by atoms with Crippen LogP contribution in [0.5, 0.6) is 0 Å². The van der Waals surface area contributed by atoms with Gasteiger partial charge >= 0.3 is 0 Å². The highest BCUT2D eigenvalue weighted by atomic mass is 127. The molecule has 0 radical (unpaired) electrons. The van der Waals surface area contributed by atoms with Crippen molar-refractivity contribution in [1.82, 2.24) is 20.9 Å². The third-order valence-electron chi connectivity index (χ3n) is 4.61. The summed E-state index contributed by atoms with van der Waals surface area (Å²) in [7, 11) is 1.83. The first kappa shape index (κ1) is 25.8. The Bertz CT molecular complexity index is 626. The van der Waals surface area contributed by atoms with Crippen molar-refractivity contribution in [3.63, 3.8) is 0 Å². The minimum atomic E-state index is 0. The second-order valence-electron chi connectivity index (χ2n) is 8.12. The fourth-order valence-corrected chi connectivity index (χ4v) is 3.46. The maximum absolute atomic E-state index is 6.12. The standard InChI is InChI=1S/C20H33Cl2N5.HI/c1-20(2,3)25-10-9-24-19(23-4)26-16-7-11-27(12-8-16)14-15-5-6-17(21)18(22)13-15;/h5-6,13,16,25H,7-12,14H2,1-4H3,(H2,23,24,26);1H. The summed E-state index contributed by atoms with van der Waals surface area (Å²) in [5, 5.41) is 11.6. The Morgan fingerprint density at radius 3 is 2.39 bits per heavy atom. The van der Waals surface area contributed by atoms with Gasteiger partial charge in [0.05, 0.1) is 10.0 Å². The summed E-state index contributed by atoms with van der Waals surface area (Å²) in [6.07, 6.45) is 2.20. The second-order valence-corrected chi connectivity index (χ2v) is 8.93. The van der Waals surface area contributed by atoms with Crippen LogP contribution in [0, 0.1) is 0 Å². The molecule has 0 amide bonds. The summed E-state index contributed by atoms with van der Waals surface area (Å²) in [6, 6.07) is 6.34. The van der Waals surface area contributed by atoms with Crippen LogP contribution < -0.4 is 16.0 Å². The van der Waals surface area contributed by atoms with Gasteiger partial charge in [-0.2, -0.15) is 0 Å². The number of rotatable bonds is 6. The molecule has 1 heterocycles. The fraction of sp³-hybridized carbons (Fsp3) is 0.650. The summed E-state index contributed by atoms with van der Waals surface area (Å²) in [6.45, 7) is 11.3. The normalized spacial score (nSPS) is 16.6. The molecule has 0 spiro atoms. The average molecular weight is 542 g/mol. The minimum Gasteiger partial charge on any atom is -0.355 e. The van der Waals surface area contributed by atoms with Crippen molar-refractivity contribution in [1.29, 1.82) is 0 Å². The van der Waals surface area contributed by atoms with Gasteiger partial charge in [0.15, 0.2) is 5.96 Å². The van der Waals surface area contributed by atoms with E-state index < -0.39 is 0 Å². The van der Waals surface area contributed by atoms with Crippen molar-refractivity contribution in [2.45, 2.75) is 51.7 Å². The number of piperidine rings is 1. The van der Waals surface area contributed by atoms with Crippen molar-refractivity contribution >= 4 is 53.1 Å². The van der Waals surface area contributed by atoms with Crippen LogP contribution >= 0.6 is 47.2 Å². The molecule has 0 aromatic heterocycles. The van der Waals surface area contributed by atoms with E-state index in [1.54, 1.807) is 0 Å². The zero-order valence-corrected chi connectivity index (χ0v) is 21.2. The molecule has 1 aromatic carbocycles. The van der Waals surface area contributed by atoms with Crippen molar-refractivity contribution in [3.8, 4) is 0 Å². The summed E-state index contributed by atoms with van der Waals surface area (Å²) in [4.78, 5) is 6.81. The van der Waals surface area contributed by atoms with Crippen molar-refractivity contribution < 1.29 is 0 Å². The lowest BCUT2D eigenvalue weighted by atomic mass is 10.0. The van der Waals surface area contributed by atoms with E-state index in [1.165, 1.54) is 5.56 Å². The lowest BCUT2D eigenvalue weighted by Gasteiger charge is -2.33. The van der Waals surface area contributed by atoms with Crippen LogP contribution in [-0.2, 0) is 6.54 Å². The molecule has 8 heteroatoms. The summed E-state index contributed by atoms with van der Waals surface area (Å²) < 4.78 is 0. The molecule has 1 fully saturated rings. The second kappa shape index (κ2) is 12.4. The Hall–Kier alpha value is -0.280. The molecule has 2 rings (SSSR count). The van der Waals surface area contributed by atoms with Gasteiger partial charge in [-0.3, -0.25) is 9.89 Å². The van der Waals surface area contributed by atoms with E-state index in [4.69, 9.17) is 23.2 Å². The van der Waals surface area contributed by atoms with Crippen LogP contribution in [0.4, 0.5) is 0 Å². The SMILES string of the molecule is CN=C(NCCNC(C)(C)C)NC1CCN(Cc2ccc(Cl)c(Cl)c2)CC1.I.